The summed E-state index contributed by atoms with van der Waals surface area (Å²) in [5.74, 6) is 0.254. The number of methoxy groups -OCH3 is 1. The lowest BCUT2D eigenvalue weighted by Gasteiger charge is -2.12. The summed E-state index contributed by atoms with van der Waals surface area (Å²) in [5.41, 5.74) is 3.12. The molecule has 0 spiro atoms. The molecule has 1 N–H and O–H groups in total. The van der Waals surface area contributed by atoms with Gasteiger partial charge in [0.25, 0.3) is 5.91 Å². The van der Waals surface area contributed by atoms with Crippen molar-refractivity contribution < 1.29 is 13.9 Å². The Bertz CT molecular complexity index is 1270. The predicted octanol–water partition coefficient (Wildman–Crippen LogP) is 5.03. The number of carbonyl (C=O) groups excluding carboxylic acids is 1. The van der Waals surface area contributed by atoms with Gasteiger partial charge in [0, 0.05) is 11.1 Å². The van der Waals surface area contributed by atoms with Gasteiger partial charge < -0.3 is 14.5 Å². The fourth-order valence-corrected chi connectivity index (χ4v) is 3.33. The molecule has 0 saturated carbocycles. The van der Waals surface area contributed by atoms with Crippen molar-refractivity contribution in [3.05, 3.63) is 94.3 Å². The second-order valence-corrected chi connectivity index (χ2v) is 6.68. The lowest BCUT2D eigenvalue weighted by molar-refractivity contribution is 0.102. The first-order valence-electron chi connectivity index (χ1n) is 9.15. The first kappa shape index (κ1) is 18.5. The summed E-state index contributed by atoms with van der Waals surface area (Å²) in [6, 6.07) is 21.7. The van der Waals surface area contributed by atoms with Crippen LogP contribution in [0, 0.1) is 6.92 Å². The van der Waals surface area contributed by atoms with E-state index in [-0.39, 0.29) is 5.91 Å². The summed E-state index contributed by atoms with van der Waals surface area (Å²) in [5, 5.41) is 3.71. The highest BCUT2D eigenvalue weighted by molar-refractivity contribution is 6.06. The van der Waals surface area contributed by atoms with Gasteiger partial charge in [-0.25, -0.2) is 4.79 Å². The van der Waals surface area contributed by atoms with Crippen LogP contribution in [0.4, 0.5) is 5.69 Å². The third-order valence-corrected chi connectivity index (χ3v) is 4.73. The monoisotopic (exact) mass is 385 g/mol. The van der Waals surface area contributed by atoms with E-state index >= 15 is 0 Å². The van der Waals surface area contributed by atoms with Gasteiger partial charge in [0.1, 0.15) is 11.3 Å². The van der Waals surface area contributed by atoms with Crippen LogP contribution < -0.4 is 15.7 Å². The number of hydrogen-bond donors (Lipinski definition) is 1. The highest BCUT2D eigenvalue weighted by atomic mass is 16.5. The number of fused-ring (bicyclic) bond motifs is 1. The normalized spacial score (nSPS) is 10.7. The Morgan fingerprint density at radius 3 is 2.59 bits per heavy atom. The Labute approximate surface area is 167 Å². The van der Waals surface area contributed by atoms with E-state index < -0.39 is 5.63 Å². The Morgan fingerprint density at radius 1 is 0.966 bits per heavy atom. The van der Waals surface area contributed by atoms with E-state index in [0.717, 1.165) is 10.9 Å². The number of anilines is 1. The molecule has 0 aliphatic heterocycles. The third kappa shape index (κ3) is 3.62. The Balaban J connectivity index is 1.68. The summed E-state index contributed by atoms with van der Waals surface area (Å²) in [6.45, 7) is 1.88. The molecular formula is C24H19NO4. The van der Waals surface area contributed by atoms with E-state index in [1.54, 1.807) is 43.5 Å². The maximum Gasteiger partial charge on any atom is 0.344 e. The SMILES string of the molecule is COc1c(C)cccc1C(=O)Nc1cccc(-c2cc3ccccc3oc2=O)c1. The summed E-state index contributed by atoms with van der Waals surface area (Å²) in [6.07, 6.45) is 0. The quantitative estimate of drug-likeness (QED) is 0.500. The minimum atomic E-state index is -0.424. The molecule has 1 amide bonds. The van der Waals surface area contributed by atoms with Gasteiger partial charge in [-0.1, -0.05) is 42.5 Å². The fraction of sp³-hybridized carbons (Fsp3) is 0.0833. The molecule has 5 nitrogen and oxygen atoms in total. The van der Waals surface area contributed by atoms with Crippen LogP contribution in [0.2, 0.25) is 0 Å². The van der Waals surface area contributed by atoms with E-state index in [0.29, 0.717) is 33.7 Å². The molecule has 0 saturated heterocycles. The maximum atomic E-state index is 12.8. The smallest absolute Gasteiger partial charge is 0.344 e. The number of aryl methyl sites for hydroxylation is 1. The van der Waals surface area contributed by atoms with Crippen molar-refractivity contribution >= 4 is 22.6 Å². The van der Waals surface area contributed by atoms with Crippen molar-refractivity contribution in [2.24, 2.45) is 0 Å². The summed E-state index contributed by atoms with van der Waals surface area (Å²) >= 11 is 0. The van der Waals surface area contributed by atoms with Crippen LogP contribution >= 0.6 is 0 Å². The van der Waals surface area contributed by atoms with Crippen molar-refractivity contribution in [3.63, 3.8) is 0 Å². The first-order valence-corrected chi connectivity index (χ1v) is 9.15. The number of ether oxygens (including phenoxy) is 1. The zero-order valence-electron chi connectivity index (χ0n) is 16.1. The Kier molecular flexibility index (Phi) is 4.87. The van der Waals surface area contributed by atoms with Gasteiger partial charge in [0.15, 0.2) is 0 Å². The summed E-state index contributed by atoms with van der Waals surface area (Å²) in [7, 11) is 1.54. The molecule has 0 aliphatic rings. The third-order valence-electron chi connectivity index (χ3n) is 4.73. The molecule has 5 heteroatoms. The van der Waals surface area contributed by atoms with Crippen LogP contribution in [0.1, 0.15) is 15.9 Å². The first-order chi connectivity index (χ1) is 14.1. The standard InChI is InChI=1S/C24H19NO4/c1-15-7-5-11-19(22(15)28-2)23(26)25-18-10-6-9-16(13-18)20-14-17-8-3-4-12-21(17)29-24(20)27/h3-14H,1-2H3,(H,25,26). The molecule has 1 aromatic heterocycles. The largest absolute Gasteiger partial charge is 0.496 e. The molecule has 0 unspecified atom stereocenters. The van der Waals surface area contributed by atoms with Gasteiger partial charge in [0.05, 0.1) is 18.2 Å². The van der Waals surface area contributed by atoms with Gasteiger partial charge in [0.2, 0.25) is 0 Å². The zero-order valence-corrected chi connectivity index (χ0v) is 16.1. The molecule has 0 fully saturated rings. The van der Waals surface area contributed by atoms with Gasteiger partial charge >= 0.3 is 5.63 Å². The van der Waals surface area contributed by atoms with Crippen LogP contribution in [-0.2, 0) is 0 Å². The zero-order chi connectivity index (χ0) is 20.4. The van der Waals surface area contributed by atoms with Crippen LogP contribution in [-0.4, -0.2) is 13.0 Å². The molecule has 0 aliphatic carbocycles. The average molecular weight is 385 g/mol. The molecular weight excluding hydrogens is 366 g/mol. The van der Waals surface area contributed by atoms with Crippen molar-refractivity contribution in [3.8, 4) is 16.9 Å². The van der Waals surface area contributed by atoms with Gasteiger partial charge in [-0.05, 0) is 48.4 Å². The molecule has 1 heterocycles. The maximum absolute atomic E-state index is 12.8. The van der Waals surface area contributed by atoms with Crippen molar-refractivity contribution in [1.29, 1.82) is 0 Å². The van der Waals surface area contributed by atoms with Crippen LogP contribution in [0.5, 0.6) is 5.75 Å². The Morgan fingerprint density at radius 2 is 1.76 bits per heavy atom. The second kappa shape index (κ2) is 7.64. The van der Waals surface area contributed by atoms with Gasteiger partial charge in [-0.3, -0.25) is 4.79 Å². The number of benzene rings is 3. The lowest BCUT2D eigenvalue weighted by Crippen LogP contribution is -2.14. The van der Waals surface area contributed by atoms with E-state index in [1.807, 2.05) is 43.3 Å². The second-order valence-electron chi connectivity index (χ2n) is 6.68. The highest BCUT2D eigenvalue weighted by Crippen LogP contribution is 2.26. The molecule has 0 atom stereocenters. The van der Waals surface area contributed by atoms with Crippen molar-refractivity contribution in [2.75, 3.05) is 12.4 Å². The van der Waals surface area contributed by atoms with Crippen LogP contribution in [0.15, 0.2) is 82.0 Å². The summed E-state index contributed by atoms with van der Waals surface area (Å²) < 4.78 is 10.8. The van der Waals surface area contributed by atoms with E-state index in [9.17, 15) is 9.59 Å². The van der Waals surface area contributed by atoms with Gasteiger partial charge in [-0.2, -0.15) is 0 Å². The topological polar surface area (TPSA) is 68.5 Å². The fourth-order valence-electron chi connectivity index (χ4n) is 3.33. The molecule has 3 aromatic carbocycles. The molecule has 4 aromatic rings. The van der Waals surface area contributed by atoms with Crippen molar-refractivity contribution in [1.82, 2.24) is 0 Å². The predicted molar refractivity (Wildman–Crippen MR) is 114 cm³/mol. The highest BCUT2D eigenvalue weighted by Gasteiger charge is 2.15. The van der Waals surface area contributed by atoms with E-state index in [2.05, 4.69) is 5.32 Å². The lowest BCUT2D eigenvalue weighted by atomic mass is 10.0. The van der Waals surface area contributed by atoms with Crippen LogP contribution in [0.3, 0.4) is 0 Å². The number of amides is 1. The van der Waals surface area contributed by atoms with E-state index in [1.165, 1.54) is 0 Å². The van der Waals surface area contributed by atoms with Gasteiger partial charge in [-0.15, -0.1) is 0 Å². The number of hydrogen-bond acceptors (Lipinski definition) is 4. The van der Waals surface area contributed by atoms with Crippen molar-refractivity contribution in [2.45, 2.75) is 6.92 Å². The number of carbonyl (C=O) groups is 1. The minimum absolute atomic E-state index is 0.284. The Hall–Kier alpha value is -3.86. The van der Waals surface area contributed by atoms with E-state index in [4.69, 9.17) is 9.15 Å². The number of nitrogens with one attached hydrogen (secondary N) is 1. The molecule has 144 valence electrons. The van der Waals surface area contributed by atoms with Crippen LogP contribution in [0.25, 0.3) is 22.1 Å². The summed E-state index contributed by atoms with van der Waals surface area (Å²) in [4.78, 5) is 25.2. The molecule has 0 bridgehead atoms. The average Bonchev–Trinajstić information content (AvgIpc) is 2.73. The molecule has 4 rings (SSSR count). The molecule has 29 heavy (non-hydrogen) atoms. The number of rotatable bonds is 4. The minimum Gasteiger partial charge on any atom is -0.496 e. The molecule has 0 radical (unpaired) electrons. The number of para-hydroxylation sites is 2.